The van der Waals surface area contributed by atoms with Crippen LogP contribution in [0, 0.1) is 0 Å². The molecule has 1 heterocycles. The summed E-state index contributed by atoms with van der Waals surface area (Å²) in [4.78, 5) is 17.5. The molecule has 3 nitrogen and oxygen atoms in total. The number of pyridine rings is 1. The zero-order valence-corrected chi connectivity index (χ0v) is 15.6. The second-order valence-corrected chi connectivity index (χ2v) is 7.40. The van der Waals surface area contributed by atoms with E-state index in [-0.39, 0.29) is 25.9 Å². The first-order valence-corrected chi connectivity index (χ1v) is 8.95. The number of Topliss-reactive ketones (excluding diaryl/α,β-unsaturated/α-hetero) is 1. The number of halogens is 4. The molecule has 1 aliphatic rings. The number of hydrogen-bond donors (Lipinski definition) is 1. The van der Waals surface area contributed by atoms with Crippen LogP contribution in [-0.4, -0.2) is 10.8 Å². The van der Waals surface area contributed by atoms with E-state index >= 15 is 0 Å². The van der Waals surface area contributed by atoms with Crippen molar-refractivity contribution in [3.05, 3.63) is 67.2 Å². The maximum Gasteiger partial charge on any atom is 0.174 e. The van der Waals surface area contributed by atoms with Gasteiger partial charge in [-0.2, -0.15) is 0 Å². The van der Waals surface area contributed by atoms with Crippen LogP contribution in [0.4, 0.5) is 5.69 Å². The molecule has 0 saturated carbocycles. The van der Waals surface area contributed by atoms with Crippen LogP contribution in [0.25, 0.3) is 10.9 Å². The van der Waals surface area contributed by atoms with Gasteiger partial charge in [0.15, 0.2) is 5.78 Å². The lowest BCUT2D eigenvalue weighted by molar-refractivity contribution is 0.0971. The summed E-state index contributed by atoms with van der Waals surface area (Å²) < 4.78 is 0. The fourth-order valence-corrected chi connectivity index (χ4v) is 4.28. The summed E-state index contributed by atoms with van der Waals surface area (Å²) in [5.74, 6) is -0.662. The number of ketones is 1. The van der Waals surface area contributed by atoms with Gasteiger partial charge in [-0.1, -0.05) is 64.6 Å². The normalized spacial score (nSPS) is 16.5. The number of anilines is 1. The summed E-state index contributed by atoms with van der Waals surface area (Å²) >= 11 is 24.7. The topological polar surface area (TPSA) is 56.0 Å². The number of carbonyl (C=O) groups is 1. The molecule has 0 aliphatic heterocycles. The number of benzene rings is 2. The first kappa shape index (κ1) is 16.9. The molecule has 25 heavy (non-hydrogen) atoms. The summed E-state index contributed by atoms with van der Waals surface area (Å²) in [6.45, 7) is 0. The lowest BCUT2D eigenvalue weighted by Gasteiger charge is -2.09. The van der Waals surface area contributed by atoms with Gasteiger partial charge in [-0.25, -0.2) is 4.98 Å². The predicted molar refractivity (Wildman–Crippen MR) is 103 cm³/mol. The number of hydrogen-bond acceptors (Lipinski definition) is 3. The van der Waals surface area contributed by atoms with E-state index in [1.807, 2.05) is 24.3 Å². The van der Waals surface area contributed by atoms with Gasteiger partial charge in [0.25, 0.3) is 0 Å². The van der Waals surface area contributed by atoms with Crippen LogP contribution in [0.2, 0.25) is 20.1 Å². The van der Waals surface area contributed by atoms with Gasteiger partial charge in [0.05, 0.1) is 42.9 Å². The van der Waals surface area contributed by atoms with E-state index in [9.17, 15) is 4.79 Å². The third-order valence-corrected chi connectivity index (χ3v) is 6.31. The molecule has 4 rings (SSSR count). The molecule has 0 saturated heterocycles. The van der Waals surface area contributed by atoms with E-state index in [0.29, 0.717) is 34.4 Å². The standard InChI is InChI=1S/C18H10Cl4N2O/c19-13-9-6-8(18(25)12(9)14(20)16(22)15(13)21)11-5-4-7-2-1-3-10(23)17(7)24-11/h1-5,8H,6,23H2. The van der Waals surface area contributed by atoms with Crippen LogP contribution in [0.15, 0.2) is 30.3 Å². The van der Waals surface area contributed by atoms with Crippen molar-refractivity contribution in [2.75, 3.05) is 5.73 Å². The van der Waals surface area contributed by atoms with Crippen molar-refractivity contribution >= 4 is 68.8 Å². The maximum absolute atomic E-state index is 12.9. The highest BCUT2D eigenvalue weighted by Crippen LogP contribution is 2.48. The highest BCUT2D eigenvalue weighted by molar-refractivity contribution is 6.53. The Hall–Kier alpha value is -1.52. The number of rotatable bonds is 1. The van der Waals surface area contributed by atoms with Gasteiger partial charge >= 0.3 is 0 Å². The van der Waals surface area contributed by atoms with Crippen molar-refractivity contribution in [3.63, 3.8) is 0 Å². The van der Waals surface area contributed by atoms with Gasteiger partial charge in [-0.05, 0) is 24.1 Å². The minimum absolute atomic E-state index is 0.0943. The van der Waals surface area contributed by atoms with E-state index in [1.165, 1.54) is 0 Å². The molecule has 2 aromatic carbocycles. The fraction of sp³-hybridized carbons (Fsp3) is 0.111. The lowest BCUT2D eigenvalue weighted by atomic mass is 9.99. The van der Waals surface area contributed by atoms with Crippen LogP contribution in [-0.2, 0) is 6.42 Å². The molecule has 2 N–H and O–H groups in total. The second kappa shape index (κ2) is 6.03. The van der Waals surface area contributed by atoms with Crippen molar-refractivity contribution in [2.24, 2.45) is 0 Å². The van der Waals surface area contributed by atoms with Crippen LogP contribution < -0.4 is 5.73 Å². The summed E-state index contributed by atoms with van der Waals surface area (Å²) in [7, 11) is 0. The first-order valence-electron chi connectivity index (χ1n) is 7.44. The fourth-order valence-electron chi connectivity index (χ4n) is 3.21. The third kappa shape index (κ3) is 2.49. The van der Waals surface area contributed by atoms with E-state index in [1.54, 1.807) is 6.07 Å². The Bertz CT molecular complexity index is 1060. The Balaban J connectivity index is 1.86. The molecule has 1 aromatic heterocycles. The van der Waals surface area contributed by atoms with E-state index < -0.39 is 5.92 Å². The number of nitrogens with zero attached hydrogens (tertiary/aromatic N) is 1. The highest BCUT2D eigenvalue weighted by atomic mass is 35.5. The summed E-state index contributed by atoms with van der Waals surface area (Å²) in [6.07, 6.45) is 0.370. The van der Waals surface area contributed by atoms with Gasteiger partial charge < -0.3 is 5.73 Å². The third-order valence-electron chi connectivity index (χ3n) is 4.47. The number of aromatic nitrogens is 1. The Kier molecular flexibility index (Phi) is 4.08. The molecule has 0 bridgehead atoms. The average molecular weight is 412 g/mol. The van der Waals surface area contributed by atoms with Crippen LogP contribution >= 0.6 is 46.4 Å². The molecule has 126 valence electrons. The van der Waals surface area contributed by atoms with Crippen LogP contribution in [0.1, 0.15) is 27.5 Å². The molecule has 1 unspecified atom stereocenters. The molecule has 0 fully saturated rings. The molecule has 0 amide bonds. The Labute approximate surface area is 163 Å². The maximum atomic E-state index is 12.9. The van der Waals surface area contributed by atoms with Crippen LogP contribution in [0.3, 0.4) is 0 Å². The minimum atomic E-state index is -0.497. The van der Waals surface area contributed by atoms with Crippen molar-refractivity contribution < 1.29 is 4.79 Å². The zero-order valence-electron chi connectivity index (χ0n) is 12.6. The number of para-hydroxylation sites is 1. The molecule has 0 radical (unpaired) electrons. The minimum Gasteiger partial charge on any atom is -0.397 e. The number of nitrogen functional groups attached to an aromatic ring is 1. The highest BCUT2D eigenvalue weighted by Gasteiger charge is 2.38. The summed E-state index contributed by atoms with van der Waals surface area (Å²) in [5.41, 5.74) is 8.78. The van der Waals surface area contributed by atoms with E-state index in [2.05, 4.69) is 4.98 Å². The van der Waals surface area contributed by atoms with Gasteiger partial charge in [-0.15, -0.1) is 0 Å². The number of carbonyl (C=O) groups excluding carboxylic acids is 1. The van der Waals surface area contributed by atoms with Gasteiger partial charge in [0, 0.05) is 10.9 Å². The van der Waals surface area contributed by atoms with E-state index in [4.69, 9.17) is 52.1 Å². The molecular formula is C18H10Cl4N2O. The predicted octanol–water partition coefficient (Wildman–Crippen LogP) is 5.95. The number of nitrogens with two attached hydrogens (primary N) is 1. The van der Waals surface area contributed by atoms with Gasteiger partial charge in [0.1, 0.15) is 0 Å². The zero-order chi connectivity index (χ0) is 17.9. The van der Waals surface area contributed by atoms with E-state index in [0.717, 1.165) is 5.39 Å². The first-order chi connectivity index (χ1) is 11.9. The molecule has 0 spiro atoms. The van der Waals surface area contributed by atoms with Crippen molar-refractivity contribution in [3.8, 4) is 0 Å². The number of fused-ring (bicyclic) bond motifs is 2. The SMILES string of the molecule is Nc1cccc2ccc(C3Cc4c(Cl)c(Cl)c(Cl)c(Cl)c4C3=O)nc12. The molecule has 1 atom stereocenters. The molecule has 7 heteroatoms. The van der Waals surface area contributed by atoms with Crippen molar-refractivity contribution in [1.29, 1.82) is 0 Å². The lowest BCUT2D eigenvalue weighted by Crippen LogP contribution is -2.09. The van der Waals surface area contributed by atoms with Crippen molar-refractivity contribution in [2.45, 2.75) is 12.3 Å². The quantitative estimate of drug-likeness (QED) is 0.305. The van der Waals surface area contributed by atoms with Gasteiger partial charge in [-0.3, -0.25) is 4.79 Å². The Morgan fingerprint density at radius 3 is 2.44 bits per heavy atom. The smallest absolute Gasteiger partial charge is 0.174 e. The summed E-state index contributed by atoms with van der Waals surface area (Å²) in [5, 5.41) is 1.57. The Morgan fingerprint density at radius 2 is 1.68 bits per heavy atom. The average Bonchev–Trinajstić information content (AvgIpc) is 2.96. The van der Waals surface area contributed by atoms with Gasteiger partial charge in [0.2, 0.25) is 0 Å². The van der Waals surface area contributed by atoms with Crippen LogP contribution in [0.5, 0.6) is 0 Å². The molecule has 1 aliphatic carbocycles. The van der Waals surface area contributed by atoms with Crippen molar-refractivity contribution in [1.82, 2.24) is 4.98 Å². The second-order valence-electron chi connectivity index (χ2n) is 5.89. The monoisotopic (exact) mass is 410 g/mol. The largest absolute Gasteiger partial charge is 0.397 e. The molecular weight excluding hydrogens is 402 g/mol. The Morgan fingerprint density at radius 1 is 0.960 bits per heavy atom. The summed E-state index contributed by atoms with van der Waals surface area (Å²) in [6, 6.07) is 9.27. The molecule has 3 aromatic rings.